The number of aromatic nitrogens is 2. The molecule has 2 aromatic rings. The molecule has 18 heavy (non-hydrogen) atoms. The largest absolute Gasteiger partial charge is 0.363 e. The van der Waals surface area contributed by atoms with Gasteiger partial charge in [-0.3, -0.25) is 0 Å². The van der Waals surface area contributed by atoms with Crippen molar-refractivity contribution in [3.63, 3.8) is 0 Å². The van der Waals surface area contributed by atoms with Crippen molar-refractivity contribution in [2.24, 2.45) is 0 Å². The molecule has 0 amide bonds. The lowest BCUT2D eigenvalue weighted by Crippen LogP contribution is -2.39. The number of hydrogen-bond donors (Lipinski definition) is 1. The van der Waals surface area contributed by atoms with E-state index in [0.29, 0.717) is 0 Å². The number of rotatable bonds is 4. The third kappa shape index (κ3) is 2.59. The monoisotopic (exact) mass is 283 g/mol. The second-order valence-corrected chi connectivity index (χ2v) is 6.74. The molecule has 0 radical (unpaired) electrons. The van der Waals surface area contributed by atoms with Crippen LogP contribution in [-0.4, -0.2) is 20.9 Å². The predicted octanol–water partition coefficient (Wildman–Crippen LogP) is 4.07. The highest BCUT2D eigenvalue weighted by molar-refractivity contribution is 7.18. The van der Waals surface area contributed by atoms with E-state index in [1.54, 1.807) is 17.7 Å². The van der Waals surface area contributed by atoms with Crippen molar-refractivity contribution < 1.29 is 0 Å². The minimum atomic E-state index is -0.211. The molecule has 1 unspecified atom stereocenters. The van der Waals surface area contributed by atoms with Crippen LogP contribution in [0, 0.1) is 0 Å². The molecule has 0 aromatic carbocycles. The van der Waals surface area contributed by atoms with Crippen molar-refractivity contribution in [1.29, 1.82) is 0 Å². The molecule has 0 bridgehead atoms. The number of fused-ring (bicyclic) bond motifs is 1. The van der Waals surface area contributed by atoms with Gasteiger partial charge in [0, 0.05) is 10.4 Å². The van der Waals surface area contributed by atoms with Crippen LogP contribution >= 0.6 is 22.9 Å². The molecule has 2 rings (SSSR count). The molecular formula is C13H18ClN3S. The van der Waals surface area contributed by atoms with Gasteiger partial charge in [0.25, 0.3) is 0 Å². The van der Waals surface area contributed by atoms with Crippen LogP contribution < -0.4 is 5.32 Å². The van der Waals surface area contributed by atoms with Gasteiger partial charge in [-0.1, -0.05) is 6.92 Å². The summed E-state index contributed by atoms with van der Waals surface area (Å²) >= 11 is 7.92. The van der Waals surface area contributed by atoms with E-state index >= 15 is 0 Å². The van der Waals surface area contributed by atoms with Crippen LogP contribution in [0.1, 0.15) is 32.6 Å². The highest BCUT2D eigenvalue weighted by Crippen LogP contribution is 2.31. The standard InChI is InChI=1S/C13H18ClN3S/c1-5-9-6-10-11(15-7-16-12(10)18-9)17-13(3,4)8(2)14/h6-8H,5H2,1-4H3,(H,15,16,17). The fraction of sp³-hybridized carbons (Fsp3) is 0.538. The van der Waals surface area contributed by atoms with Crippen LogP contribution in [0.4, 0.5) is 5.82 Å². The molecule has 0 saturated carbocycles. The summed E-state index contributed by atoms with van der Waals surface area (Å²) in [4.78, 5) is 11.0. The lowest BCUT2D eigenvalue weighted by molar-refractivity contribution is 0.553. The average Bonchev–Trinajstić information content (AvgIpc) is 2.72. The number of alkyl halides is 1. The second-order valence-electron chi connectivity index (χ2n) is 4.97. The Hall–Kier alpha value is -0.870. The van der Waals surface area contributed by atoms with Crippen molar-refractivity contribution in [2.45, 2.75) is 45.0 Å². The van der Waals surface area contributed by atoms with E-state index in [2.05, 4.69) is 42.1 Å². The molecule has 1 N–H and O–H groups in total. The highest BCUT2D eigenvalue weighted by atomic mass is 35.5. The minimum Gasteiger partial charge on any atom is -0.363 e. The van der Waals surface area contributed by atoms with Crippen LogP contribution in [0.2, 0.25) is 0 Å². The molecule has 3 nitrogen and oxygen atoms in total. The smallest absolute Gasteiger partial charge is 0.138 e. The maximum absolute atomic E-state index is 6.20. The lowest BCUT2D eigenvalue weighted by atomic mass is 10.0. The van der Waals surface area contributed by atoms with Crippen molar-refractivity contribution >= 4 is 39.0 Å². The number of nitrogens with one attached hydrogen (secondary N) is 1. The number of nitrogens with zero attached hydrogens (tertiary/aromatic N) is 2. The van der Waals surface area contributed by atoms with Crippen molar-refractivity contribution in [3.05, 3.63) is 17.3 Å². The summed E-state index contributed by atoms with van der Waals surface area (Å²) < 4.78 is 0. The molecule has 0 fully saturated rings. The van der Waals surface area contributed by atoms with Gasteiger partial charge in [-0.25, -0.2) is 9.97 Å². The van der Waals surface area contributed by atoms with Gasteiger partial charge in [0.1, 0.15) is 17.0 Å². The third-order valence-corrected chi connectivity index (χ3v) is 4.90. The van der Waals surface area contributed by atoms with E-state index in [1.165, 1.54) is 4.88 Å². The molecule has 5 heteroatoms. The Bertz CT molecular complexity index is 548. The Morgan fingerprint density at radius 3 is 2.78 bits per heavy atom. The zero-order chi connectivity index (χ0) is 13.3. The third-order valence-electron chi connectivity index (χ3n) is 3.16. The molecule has 2 heterocycles. The summed E-state index contributed by atoms with van der Waals surface area (Å²) in [6.07, 6.45) is 2.63. The summed E-state index contributed by atoms with van der Waals surface area (Å²) in [5.41, 5.74) is -0.211. The van der Waals surface area contributed by atoms with E-state index in [-0.39, 0.29) is 10.9 Å². The Kier molecular flexibility index (Phi) is 3.78. The summed E-state index contributed by atoms with van der Waals surface area (Å²) in [7, 11) is 0. The Morgan fingerprint density at radius 2 is 2.17 bits per heavy atom. The first-order valence-corrected chi connectivity index (χ1v) is 7.35. The van der Waals surface area contributed by atoms with E-state index in [4.69, 9.17) is 11.6 Å². The molecule has 0 aliphatic carbocycles. The van der Waals surface area contributed by atoms with Gasteiger partial charge in [-0.15, -0.1) is 22.9 Å². The normalized spacial score (nSPS) is 13.8. The second kappa shape index (κ2) is 5.02. The van der Waals surface area contributed by atoms with E-state index in [1.807, 2.05) is 6.92 Å². The molecule has 0 aliphatic rings. The Labute approximate surface area is 117 Å². The first kappa shape index (κ1) is 13.6. The number of hydrogen-bond acceptors (Lipinski definition) is 4. The quantitative estimate of drug-likeness (QED) is 0.860. The zero-order valence-corrected chi connectivity index (χ0v) is 12.7. The fourth-order valence-corrected chi connectivity index (χ4v) is 2.57. The predicted molar refractivity (Wildman–Crippen MR) is 79.8 cm³/mol. The van der Waals surface area contributed by atoms with Crippen molar-refractivity contribution in [1.82, 2.24) is 9.97 Å². The van der Waals surface area contributed by atoms with Gasteiger partial charge in [0.15, 0.2) is 0 Å². The molecule has 0 aliphatic heterocycles. The summed E-state index contributed by atoms with van der Waals surface area (Å²) in [5, 5.41) is 4.52. The number of aryl methyl sites for hydroxylation is 1. The topological polar surface area (TPSA) is 37.8 Å². The lowest BCUT2D eigenvalue weighted by Gasteiger charge is -2.29. The summed E-state index contributed by atoms with van der Waals surface area (Å²) in [6, 6.07) is 2.16. The molecule has 0 saturated heterocycles. The zero-order valence-electron chi connectivity index (χ0n) is 11.1. The van der Waals surface area contributed by atoms with Crippen LogP contribution in [0.15, 0.2) is 12.4 Å². The van der Waals surface area contributed by atoms with Gasteiger partial charge < -0.3 is 5.32 Å². The van der Waals surface area contributed by atoms with Crippen LogP contribution in [-0.2, 0) is 6.42 Å². The molecular weight excluding hydrogens is 266 g/mol. The average molecular weight is 284 g/mol. The molecule has 2 aromatic heterocycles. The van der Waals surface area contributed by atoms with Gasteiger partial charge in [-0.05, 0) is 33.3 Å². The van der Waals surface area contributed by atoms with Gasteiger partial charge >= 0.3 is 0 Å². The summed E-state index contributed by atoms with van der Waals surface area (Å²) in [5.74, 6) is 0.869. The van der Waals surface area contributed by atoms with Crippen LogP contribution in [0.5, 0.6) is 0 Å². The fourth-order valence-electron chi connectivity index (χ4n) is 1.58. The van der Waals surface area contributed by atoms with Crippen molar-refractivity contribution in [3.8, 4) is 0 Å². The molecule has 98 valence electrons. The minimum absolute atomic E-state index is 0.00629. The molecule has 0 spiro atoms. The Balaban J connectivity index is 2.42. The first-order valence-electron chi connectivity index (χ1n) is 6.09. The Morgan fingerprint density at radius 1 is 1.44 bits per heavy atom. The van der Waals surface area contributed by atoms with Gasteiger partial charge in [0.05, 0.1) is 10.8 Å². The maximum atomic E-state index is 6.20. The highest BCUT2D eigenvalue weighted by Gasteiger charge is 2.25. The maximum Gasteiger partial charge on any atom is 0.138 e. The SMILES string of the molecule is CCc1cc2c(NC(C)(C)C(C)Cl)ncnc2s1. The van der Waals surface area contributed by atoms with Crippen LogP contribution in [0.3, 0.4) is 0 Å². The first-order chi connectivity index (χ1) is 8.44. The van der Waals surface area contributed by atoms with Crippen LogP contribution in [0.25, 0.3) is 10.2 Å². The summed E-state index contributed by atoms with van der Waals surface area (Å²) in [6.45, 7) is 8.28. The van der Waals surface area contributed by atoms with Crippen molar-refractivity contribution in [2.75, 3.05) is 5.32 Å². The van der Waals surface area contributed by atoms with E-state index < -0.39 is 0 Å². The molecule has 1 atom stereocenters. The van der Waals surface area contributed by atoms with Gasteiger partial charge in [0.2, 0.25) is 0 Å². The van der Waals surface area contributed by atoms with E-state index in [0.717, 1.165) is 22.5 Å². The number of thiophene rings is 1. The van der Waals surface area contributed by atoms with E-state index in [9.17, 15) is 0 Å². The van der Waals surface area contributed by atoms with Gasteiger partial charge in [-0.2, -0.15) is 0 Å². The number of halogens is 1. The number of anilines is 1.